The van der Waals surface area contributed by atoms with Crippen molar-refractivity contribution >= 4 is 23.5 Å². The van der Waals surface area contributed by atoms with Crippen molar-refractivity contribution in [3.8, 4) is 0 Å². The summed E-state index contributed by atoms with van der Waals surface area (Å²) in [7, 11) is 0. The Kier molecular flexibility index (Phi) is 5.02. The molecule has 1 saturated heterocycles. The molecule has 4 N–H and O–H groups in total. The van der Waals surface area contributed by atoms with Gasteiger partial charge in [-0.05, 0) is 36.6 Å². The minimum atomic E-state index is -0.608. The van der Waals surface area contributed by atoms with E-state index in [1.165, 1.54) is 0 Å². The topological polar surface area (TPSA) is 117 Å². The van der Waals surface area contributed by atoms with Crippen LogP contribution in [0.1, 0.15) is 53.0 Å². The lowest BCUT2D eigenvalue weighted by Gasteiger charge is -2.29. The maximum Gasteiger partial charge on any atom is 0.255 e. The molecule has 1 aromatic heterocycles. The Morgan fingerprint density at radius 2 is 2.03 bits per heavy atom. The Hall–Kier alpha value is -3.26. The number of nitrogens with one attached hydrogen (secondary N) is 2. The molecule has 3 heterocycles. The van der Waals surface area contributed by atoms with Gasteiger partial charge in [0.15, 0.2) is 0 Å². The molecule has 0 radical (unpaired) electrons. The summed E-state index contributed by atoms with van der Waals surface area (Å²) in [5, 5.41) is 5.72. The number of hydrogen-bond donors (Lipinski definition) is 3. The Morgan fingerprint density at radius 3 is 2.79 bits per heavy atom. The van der Waals surface area contributed by atoms with E-state index < -0.39 is 11.9 Å². The van der Waals surface area contributed by atoms with Crippen molar-refractivity contribution in [2.75, 3.05) is 5.73 Å². The lowest BCUT2D eigenvalue weighted by molar-refractivity contribution is -0.136. The number of carbonyl (C=O) groups excluding carboxylic acids is 3. The first-order valence-electron chi connectivity index (χ1n) is 9.65. The number of nitrogen functional groups attached to an aromatic ring is 1. The molecule has 4 rings (SSSR count). The highest BCUT2D eigenvalue weighted by Gasteiger charge is 2.39. The zero-order valence-electron chi connectivity index (χ0n) is 16.1. The predicted molar refractivity (Wildman–Crippen MR) is 106 cm³/mol. The molecule has 0 spiro atoms. The average Bonchev–Trinajstić information content (AvgIpc) is 3.03. The van der Waals surface area contributed by atoms with Gasteiger partial charge in [0.05, 0.1) is 5.69 Å². The first kappa shape index (κ1) is 19.1. The Balaban J connectivity index is 1.50. The van der Waals surface area contributed by atoms with Crippen LogP contribution in [0.2, 0.25) is 0 Å². The SMILES string of the molecule is CC(NCc1cccc2c1C(=O)N(C1CCC(=O)NC1=O)C2)c1cccc(N)n1. The molecular weight excluding hydrogens is 370 g/mol. The fourth-order valence-electron chi connectivity index (χ4n) is 3.91. The molecule has 2 unspecified atom stereocenters. The smallest absolute Gasteiger partial charge is 0.255 e. The van der Waals surface area contributed by atoms with Gasteiger partial charge in [-0.15, -0.1) is 0 Å². The molecule has 8 heteroatoms. The van der Waals surface area contributed by atoms with E-state index in [1.807, 2.05) is 37.3 Å². The molecule has 0 bridgehead atoms. The Morgan fingerprint density at radius 1 is 1.24 bits per heavy atom. The fourth-order valence-corrected chi connectivity index (χ4v) is 3.91. The highest BCUT2D eigenvalue weighted by Crippen LogP contribution is 2.30. The van der Waals surface area contributed by atoms with E-state index in [-0.39, 0.29) is 24.3 Å². The van der Waals surface area contributed by atoms with Crippen LogP contribution in [0, 0.1) is 0 Å². The minimum absolute atomic E-state index is 0.0444. The molecule has 3 amide bonds. The predicted octanol–water partition coefficient (Wildman–Crippen LogP) is 1.28. The summed E-state index contributed by atoms with van der Waals surface area (Å²) in [6.45, 7) is 2.85. The van der Waals surface area contributed by atoms with Gasteiger partial charge in [-0.1, -0.05) is 24.3 Å². The van der Waals surface area contributed by atoms with E-state index in [2.05, 4.69) is 15.6 Å². The van der Waals surface area contributed by atoms with E-state index in [0.29, 0.717) is 30.9 Å². The molecule has 1 fully saturated rings. The van der Waals surface area contributed by atoms with Crippen LogP contribution >= 0.6 is 0 Å². The van der Waals surface area contributed by atoms with Crippen molar-refractivity contribution in [1.29, 1.82) is 0 Å². The number of hydrogen-bond acceptors (Lipinski definition) is 6. The molecule has 0 aliphatic carbocycles. The van der Waals surface area contributed by atoms with Crippen LogP contribution in [0.5, 0.6) is 0 Å². The highest BCUT2D eigenvalue weighted by molar-refractivity contribution is 6.05. The number of benzene rings is 1. The van der Waals surface area contributed by atoms with E-state index in [0.717, 1.165) is 16.8 Å². The van der Waals surface area contributed by atoms with Crippen LogP contribution in [0.3, 0.4) is 0 Å². The molecule has 2 aliphatic heterocycles. The number of aromatic nitrogens is 1. The number of nitrogens with zero attached hydrogens (tertiary/aromatic N) is 2. The van der Waals surface area contributed by atoms with Gasteiger partial charge in [-0.3, -0.25) is 19.7 Å². The van der Waals surface area contributed by atoms with Crippen LogP contribution in [-0.2, 0) is 22.7 Å². The number of nitrogens with two attached hydrogens (primary N) is 1. The number of fused-ring (bicyclic) bond motifs is 1. The van der Waals surface area contributed by atoms with Gasteiger partial charge >= 0.3 is 0 Å². The first-order valence-corrected chi connectivity index (χ1v) is 9.65. The zero-order chi connectivity index (χ0) is 20.5. The summed E-state index contributed by atoms with van der Waals surface area (Å²) in [6, 6.07) is 10.6. The molecule has 1 aromatic carbocycles. The third kappa shape index (κ3) is 3.71. The number of piperidine rings is 1. The van der Waals surface area contributed by atoms with Crippen molar-refractivity contribution in [2.24, 2.45) is 0 Å². The zero-order valence-corrected chi connectivity index (χ0v) is 16.1. The lowest BCUT2D eigenvalue weighted by atomic mass is 10.0. The fraction of sp³-hybridized carbons (Fsp3) is 0.333. The van der Waals surface area contributed by atoms with Gasteiger partial charge in [0, 0.05) is 31.1 Å². The maximum absolute atomic E-state index is 13.1. The second kappa shape index (κ2) is 7.63. The van der Waals surface area contributed by atoms with Gasteiger partial charge in [0.2, 0.25) is 11.8 Å². The molecule has 2 aliphatic rings. The van der Waals surface area contributed by atoms with Crippen molar-refractivity contribution in [1.82, 2.24) is 20.5 Å². The summed E-state index contributed by atoms with van der Waals surface area (Å²) in [4.78, 5) is 42.6. The standard InChI is InChI=1S/C21H23N5O3/c1-12(15-6-3-7-17(22)24-15)23-10-13-4-2-5-14-11-26(21(29)19(13)14)16-8-9-18(27)25-20(16)28/h2-7,12,16,23H,8-11H2,1H3,(H2,22,24)(H,25,27,28). The summed E-state index contributed by atoms with van der Waals surface area (Å²) in [6.07, 6.45) is 0.603. The van der Waals surface area contributed by atoms with E-state index in [9.17, 15) is 14.4 Å². The molecule has 150 valence electrons. The number of rotatable bonds is 5. The van der Waals surface area contributed by atoms with E-state index >= 15 is 0 Å². The first-order chi connectivity index (χ1) is 13.9. The Labute approximate surface area is 168 Å². The van der Waals surface area contributed by atoms with Crippen molar-refractivity contribution < 1.29 is 14.4 Å². The van der Waals surface area contributed by atoms with Gasteiger partial charge < -0.3 is 16.0 Å². The largest absolute Gasteiger partial charge is 0.384 e. The average molecular weight is 393 g/mol. The van der Waals surface area contributed by atoms with Gasteiger partial charge in [-0.2, -0.15) is 0 Å². The van der Waals surface area contributed by atoms with Crippen LogP contribution in [0.4, 0.5) is 5.82 Å². The molecule has 29 heavy (non-hydrogen) atoms. The van der Waals surface area contributed by atoms with E-state index in [4.69, 9.17) is 5.73 Å². The third-order valence-corrected chi connectivity index (χ3v) is 5.47. The van der Waals surface area contributed by atoms with Gasteiger partial charge in [-0.25, -0.2) is 4.98 Å². The summed E-state index contributed by atoms with van der Waals surface area (Å²) < 4.78 is 0. The normalized spacial score (nSPS) is 19.8. The molecule has 8 nitrogen and oxygen atoms in total. The summed E-state index contributed by atoms with van der Waals surface area (Å²) >= 11 is 0. The van der Waals surface area contributed by atoms with Crippen molar-refractivity contribution in [3.63, 3.8) is 0 Å². The maximum atomic E-state index is 13.1. The molecular formula is C21H23N5O3. The minimum Gasteiger partial charge on any atom is -0.384 e. The third-order valence-electron chi connectivity index (χ3n) is 5.47. The number of imide groups is 1. The van der Waals surface area contributed by atoms with Gasteiger partial charge in [0.1, 0.15) is 11.9 Å². The number of anilines is 1. The highest BCUT2D eigenvalue weighted by atomic mass is 16.2. The van der Waals surface area contributed by atoms with Crippen LogP contribution in [-0.4, -0.2) is 33.6 Å². The summed E-state index contributed by atoms with van der Waals surface area (Å²) in [5.74, 6) is -0.388. The monoisotopic (exact) mass is 393 g/mol. The van der Waals surface area contributed by atoms with Crippen LogP contribution in [0.15, 0.2) is 36.4 Å². The Bertz CT molecular complexity index is 990. The number of amides is 3. The second-order valence-electron chi connectivity index (χ2n) is 7.44. The quantitative estimate of drug-likeness (QED) is 0.659. The molecule has 2 atom stereocenters. The van der Waals surface area contributed by atoms with Crippen LogP contribution in [0.25, 0.3) is 0 Å². The molecule has 2 aromatic rings. The van der Waals surface area contributed by atoms with Gasteiger partial charge in [0.25, 0.3) is 5.91 Å². The second-order valence-corrected chi connectivity index (χ2v) is 7.44. The number of pyridine rings is 1. The number of carbonyl (C=O) groups is 3. The lowest BCUT2D eigenvalue weighted by Crippen LogP contribution is -2.52. The summed E-state index contributed by atoms with van der Waals surface area (Å²) in [5.41, 5.74) is 8.99. The van der Waals surface area contributed by atoms with Crippen molar-refractivity contribution in [3.05, 3.63) is 58.8 Å². The van der Waals surface area contributed by atoms with Crippen LogP contribution < -0.4 is 16.4 Å². The van der Waals surface area contributed by atoms with E-state index in [1.54, 1.807) is 11.0 Å². The molecule has 0 saturated carbocycles. The van der Waals surface area contributed by atoms with Crippen molar-refractivity contribution in [2.45, 2.75) is 44.9 Å².